The van der Waals surface area contributed by atoms with Crippen molar-refractivity contribution in [3.63, 3.8) is 0 Å². The molecule has 3 nitrogen and oxygen atoms in total. The first kappa shape index (κ1) is 16.8. The van der Waals surface area contributed by atoms with Gasteiger partial charge in [0.25, 0.3) is 5.91 Å². The molecular formula is C24H26N2O. The van der Waals surface area contributed by atoms with Gasteiger partial charge in [0.05, 0.1) is 5.69 Å². The summed E-state index contributed by atoms with van der Waals surface area (Å²) in [7, 11) is 0. The molecule has 2 aromatic carbocycles. The molecule has 0 spiro atoms. The Hall–Kier alpha value is -2.39. The molecule has 0 N–H and O–H groups in total. The van der Waals surface area contributed by atoms with Crippen LogP contribution in [-0.4, -0.2) is 36.0 Å². The molecule has 0 unspecified atom stereocenters. The van der Waals surface area contributed by atoms with E-state index in [1.54, 1.807) is 0 Å². The van der Waals surface area contributed by atoms with Crippen LogP contribution in [0.4, 0.5) is 5.69 Å². The lowest BCUT2D eigenvalue weighted by Gasteiger charge is -2.39. The van der Waals surface area contributed by atoms with Crippen LogP contribution >= 0.6 is 0 Å². The van der Waals surface area contributed by atoms with Gasteiger partial charge in [-0.25, -0.2) is 0 Å². The van der Waals surface area contributed by atoms with Crippen molar-refractivity contribution in [3.8, 4) is 0 Å². The molecule has 1 saturated heterocycles. The molecule has 0 saturated carbocycles. The summed E-state index contributed by atoms with van der Waals surface area (Å²) in [5.74, 6) is 0.186. The SMILES string of the molecule is CC=C1C(=O)N(C2CCN(C3Cc4ccccc4C3)CC2)c2ccccc21. The molecule has 0 atom stereocenters. The number of allylic oxidation sites excluding steroid dienone is 1. The summed E-state index contributed by atoms with van der Waals surface area (Å²) in [4.78, 5) is 17.8. The Bertz CT molecular complexity index is 883. The Morgan fingerprint density at radius 2 is 1.52 bits per heavy atom. The topological polar surface area (TPSA) is 23.6 Å². The van der Waals surface area contributed by atoms with E-state index in [2.05, 4.69) is 46.2 Å². The van der Waals surface area contributed by atoms with E-state index in [-0.39, 0.29) is 5.91 Å². The highest BCUT2D eigenvalue weighted by Crippen LogP contribution is 2.40. The predicted octanol–water partition coefficient (Wildman–Crippen LogP) is 4.07. The highest BCUT2D eigenvalue weighted by Gasteiger charge is 2.38. The van der Waals surface area contributed by atoms with E-state index >= 15 is 0 Å². The maximum Gasteiger partial charge on any atom is 0.258 e. The zero-order valence-corrected chi connectivity index (χ0v) is 15.9. The lowest BCUT2D eigenvalue weighted by atomic mass is 10.00. The first-order valence-electron chi connectivity index (χ1n) is 10.2. The lowest BCUT2D eigenvalue weighted by Crippen LogP contribution is -2.49. The Morgan fingerprint density at radius 3 is 2.19 bits per heavy atom. The number of hydrogen-bond acceptors (Lipinski definition) is 2. The molecule has 0 aromatic heterocycles. The quantitative estimate of drug-likeness (QED) is 0.756. The molecule has 1 amide bonds. The molecule has 27 heavy (non-hydrogen) atoms. The summed E-state index contributed by atoms with van der Waals surface area (Å²) in [5.41, 5.74) is 6.09. The fraction of sp³-hybridized carbons (Fsp3) is 0.375. The van der Waals surface area contributed by atoms with Crippen LogP contribution < -0.4 is 4.90 Å². The third-order valence-electron chi connectivity index (χ3n) is 6.60. The number of benzene rings is 2. The number of likely N-dealkylation sites (tertiary alicyclic amines) is 1. The Balaban J connectivity index is 1.30. The van der Waals surface area contributed by atoms with Crippen LogP contribution in [0.15, 0.2) is 54.6 Å². The number of nitrogens with zero attached hydrogens (tertiary/aromatic N) is 2. The van der Waals surface area contributed by atoms with Crippen LogP contribution in [0.5, 0.6) is 0 Å². The van der Waals surface area contributed by atoms with Crippen molar-refractivity contribution >= 4 is 17.2 Å². The number of piperidine rings is 1. The van der Waals surface area contributed by atoms with Crippen LogP contribution in [0, 0.1) is 0 Å². The number of amides is 1. The zero-order chi connectivity index (χ0) is 18.4. The summed E-state index contributed by atoms with van der Waals surface area (Å²) in [6, 6.07) is 18.1. The van der Waals surface area contributed by atoms with Gasteiger partial charge in [0, 0.05) is 36.3 Å². The fourth-order valence-electron chi connectivity index (χ4n) is 5.21. The van der Waals surface area contributed by atoms with Crippen LogP contribution in [-0.2, 0) is 17.6 Å². The average Bonchev–Trinajstić information content (AvgIpc) is 3.26. The average molecular weight is 358 g/mol. The molecule has 138 valence electrons. The van der Waals surface area contributed by atoms with E-state index in [0.29, 0.717) is 12.1 Å². The van der Waals surface area contributed by atoms with E-state index in [0.717, 1.165) is 42.8 Å². The van der Waals surface area contributed by atoms with Gasteiger partial charge in [0.2, 0.25) is 0 Å². The predicted molar refractivity (Wildman–Crippen MR) is 110 cm³/mol. The number of carbonyl (C=O) groups is 1. The van der Waals surface area contributed by atoms with Crippen LogP contribution in [0.3, 0.4) is 0 Å². The Labute approximate surface area is 161 Å². The van der Waals surface area contributed by atoms with Crippen molar-refractivity contribution in [3.05, 3.63) is 71.3 Å². The molecule has 2 heterocycles. The van der Waals surface area contributed by atoms with Gasteiger partial charge in [-0.15, -0.1) is 0 Å². The van der Waals surface area contributed by atoms with Crippen molar-refractivity contribution < 1.29 is 4.79 Å². The first-order chi connectivity index (χ1) is 13.3. The molecule has 1 aliphatic carbocycles. The lowest BCUT2D eigenvalue weighted by molar-refractivity contribution is -0.113. The van der Waals surface area contributed by atoms with Crippen molar-refractivity contribution in [1.29, 1.82) is 0 Å². The fourth-order valence-corrected chi connectivity index (χ4v) is 5.21. The largest absolute Gasteiger partial charge is 0.305 e. The molecule has 5 rings (SSSR count). The monoisotopic (exact) mass is 358 g/mol. The Kier molecular flexibility index (Phi) is 4.13. The second-order valence-corrected chi connectivity index (χ2v) is 7.99. The van der Waals surface area contributed by atoms with Crippen molar-refractivity contribution in [1.82, 2.24) is 4.90 Å². The maximum absolute atomic E-state index is 13.0. The molecular weight excluding hydrogens is 332 g/mol. The van der Waals surface area contributed by atoms with Crippen molar-refractivity contribution in [2.45, 2.75) is 44.7 Å². The minimum absolute atomic E-state index is 0.186. The normalized spacial score (nSPS) is 22.5. The second-order valence-electron chi connectivity index (χ2n) is 7.99. The van der Waals surface area contributed by atoms with Gasteiger partial charge in [-0.05, 0) is 49.8 Å². The molecule has 2 aromatic rings. The van der Waals surface area contributed by atoms with Gasteiger partial charge in [0.1, 0.15) is 0 Å². The van der Waals surface area contributed by atoms with E-state index in [9.17, 15) is 4.79 Å². The first-order valence-corrected chi connectivity index (χ1v) is 10.2. The summed E-state index contributed by atoms with van der Waals surface area (Å²) in [6.45, 7) is 4.13. The van der Waals surface area contributed by atoms with Gasteiger partial charge >= 0.3 is 0 Å². The van der Waals surface area contributed by atoms with E-state index in [1.165, 1.54) is 24.0 Å². The standard InChI is InChI=1S/C24H26N2O/c1-2-21-22-9-5-6-10-23(22)26(24(21)27)19-11-13-25(14-12-19)20-15-17-7-3-4-8-18(17)16-20/h2-10,19-20H,11-16H2,1H3. The van der Waals surface area contributed by atoms with Gasteiger partial charge in [-0.3, -0.25) is 9.69 Å². The molecule has 1 fully saturated rings. The summed E-state index contributed by atoms with van der Waals surface area (Å²) >= 11 is 0. The Morgan fingerprint density at radius 1 is 0.889 bits per heavy atom. The van der Waals surface area contributed by atoms with Gasteiger partial charge in [0.15, 0.2) is 0 Å². The number of para-hydroxylation sites is 1. The molecule has 3 aliphatic rings. The van der Waals surface area contributed by atoms with Gasteiger partial charge in [-0.1, -0.05) is 48.5 Å². The number of fused-ring (bicyclic) bond motifs is 2. The third-order valence-corrected chi connectivity index (χ3v) is 6.60. The minimum atomic E-state index is 0.186. The molecule has 0 bridgehead atoms. The summed E-state index contributed by atoms with van der Waals surface area (Å²) in [5, 5.41) is 0. The van der Waals surface area contributed by atoms with Gasteiger partial charge in [-0.2, -0.15) is 0 Å². The highest BCUT2D eigenvalue weighted by atomic mass is 16.2. The second kappa shape index (κ2) is 6.65. The summed E-state index contributed by atoms with van der Waals surface area (Å²) < 4.78 is 0. The maximum atomic E-state index is 13.0. The number of anilines is 1. The number of carbonyl (C=O) groups excluding carboxylic acids is 1. The molecule has 3 heteroatoms. The van der Waals surface area contributed by atoms with E-state index in [1.807, 2.05) is 25.1 Å². The molecule has 2 aliphatic heterocycles. The van der Waals surface area contributed by atoms with Crippen LogP contribution in [0.25, 0.3) is 5.57 Å². The molecule has 0 radical (unpaired) electrons. The van der Waals surface area contributed by atoms with E-state index in [4.69, 9.17) is 0 Å². The number of rotatable bonds is 2. The van der Waals surface area contributed by atoms with Crippen LogP contribution in [0.1, 0.15) is 36.5 Å². The zero-order valence-electron chi connectivity index (χ0n) is 15.9. The third kappa shape index (κ3) is 2.72. The van der Waals surface area contributed by atoms with E-state index < -0.39 is 0 Å². The van der Waals surface area contributed by atoms with Crippen LogP contribution in [0.2, 0.25) is 0 Å². The minimum Gasteiger partial charge on any atom is -0.305 e. The van der Waals surface area contributed by atoms with Gasteiger partial charge < -0.3 is 4.90 Å². The van der Waals surface area contributed by atoms with Crippen molar-refractivity contribution in [2.24, 2.45) is 0 Å². The number of hydrogen-bond donors (Lipinski definition) is 0. The highest BCUT2D eigenvalue weighted by molar-refractivity contribution is 6.32. The smallest absolute Gasteiger partial charge is 0.258 e. The summed E-state index contributed by atoms with van der Waals surface area (Å²) in [6.07, 6.45) is 6.43. The van der Waals surface area contributed by atoms with Crippen molar-refractivity contribution in [2.75, 3.05) is 18.0 Å².